The summed E-state index contributed by atoms with van der Waals surface area (Å²) in [5, 5.41) is 10.1. The molecular formula is C13H15ClO2. The Morgan fingerprint density at radius 1 is 1.31 bits per heavy atom. The summed E-state index contributed by atoms with van der Waals surface area (Å²) >= 11 is 6.03. The van der Waals surface area contributed by atoms with E-state index in [2.05, 4.69) is 0 Å². The maximum absolute atomic E-state index is 11.4. The van der Waals surface area contributed by atoms with Crippen LogP contribution in [0.4, 0.5) is 0 Å². The first kappa shape index (κ1) is 11.5. The van der Waals surface area contributed by atoms with Gasteiger partial charge < -0.3 is 5.11 Å². The van der Waals surface area contributed by atoms with Crippen LogP contribution in [0, 0.1) is 13.8 Å². The number of aryl methyl sites for hydroxylation is 2. The molecule has 0 amide bonds. The summed E-state index contributed by atoms with van der Waals surface area (Å²) in [5.41, 5.74) is 2.22. The van der Waals surface area contributed by atoms with Gasteiger partial charge >= 0.3 is 5.97 Å². The minimum Gasteiger partial charge on any atom is -0.481 e. The summed E-state index contributed by atoms with van der Waals surface area (Å²) in [5.74, 6) is -0.705. The Bertz CT molecular complexity index is 447. The maximum Gasteiger partial charge on any atom is 0.314 e. The van der Waals surface area contributed by atoms with E-state index in [0.29, 0.717) is 5.02 Å². The zero-order valence-electron chi connectivity index (χ0n) is 9.51. The van der Waals surface area contributed by atoms with Crippen LogP contribution in [0.5, 0.6) is 0 Å². The summed E-state index contributed by atoms with van der Waals surface area (Å²) < 4.78 is 0. The lowest BCUT2D eigenvalue weighted by molar-refractivity contribution is -0.147. The maximum atomic E-state index is 11.4. The van der Waals surface area contributed by atoms with Gasteiger partial charge in [0.15, 0.2) is 0 Å². The fourth-order valence-electron chi connectivity index (χ4n) is 2.43. The van der Waals surface area contributed by atoms with Gasteiger partial charge in [0.25, 0.3) is 0 Å². The monoisotopic (exact) mass is 238 g/mol. The highest BCUT2D eigenvalue weighted by molar-refractivity contribution is 6.31. The smallest absolute Gasteiger partial charge is 0.314 e. The Morgan fingerprint density at radius 2 is 1.94 bits per heavy atom. The molecule has 2 rings (SSSR count). The highest BCUT2D eigenvalue weighted by Gasteiger charge is 2.46. The molecule has 1 aromatic rings. The molecule has 1 N–H and O–H groups in total. The highest BCUT2D eigenvalue weighted by Crippen LogP contribution is 2.46. The van der Waals surface area contributed by atoms with Gasteiger partial charge in [-0.15, -0.1) is 0 Å². The lowest BCUT2D eigenvalue weighted by Crippen LogP contribution is -2.42. The zero-order chi connectivity index (χ0) is 11.9. The van der Waals surface area contributed by atoms with Crippen LogP contribution >= 0.6 is 11.6 Å². The number of hydrogen-bond acceptors (Lipinski definition) is 1. The van der Waals surface area contributed by atoms with Gasteiger partial charge in [0, 0.05) is 5.02 Å². The van der Waals surface area contributed by atoms with Crippen molar-refractivity contribution in [2.24, 2.45) is 0 Å². The van der Waals surface area contributed by atoms with Crippen molar-refractivity contribution in [3.05, 3.63) is 33.8 Å². The van der Waals surface area contributed by atoms with Gasteiger partial charge in [-0.05, 0) is 49.4 Å². The molecule has 1 saturated carbocycles. The molecule has 16 heavy (non-hydrogen) atoms. The van der Waals surface area contributed by atoms with Crippen LogP contribution in [0.15, 0.2) is 12.1 Å². The lowest BCUT2D eigenvalue weighted by Gasteiger charge is -2.39. The van der Waals surface area contributed by atoms with Crippen molar-refractivity contribution in [1.82, 2.24) is 0 Å². The molecule has 1 aliphatic rings. The molecule has 1 fully saturated rings. The quantitative estimate of drug-likeness (QED) is 0.857. The molecule has 2 nitrogen and oxygen atoms in total. The molecule has 0 spiro atoms. The van der Waals surface area contributed by atoms with Gasteiger partial charge in [-0.2, -0.15) is 0 Å². The molecule has 0 aliphatic heterocycles. The molecule has 0 heterocycles. The molecule has 86 valence electrons. The highest BCUT2D eigenvalue weighted by atomic mass is 35.5. The van der Waals surface area contributed by atoms with E-state index in [-0.39, 0.29) is 0 Å². The van der Waals surface area contributed by atoms with Crippen LogP contribution in [0.25, 0.3) is 0 Å². The van der Waals surface area contributed by atoms with Crippen molar-refractivity contribution in [1.29, 1.82) is 0 Å². The normalized spacial score (nSPS) is 17.9. The third-order valence-electron chi connectivity index (χ3n) is 3.64. The number of halogens is 1. The minimum atomic E-state index is -0.705. The molecule has 0 radical (unpaired) electrons. The SMILES string of the molecule is Cc1cc(C2(C(=O)O)CCC2)c(C)cc1Cl. The van der Waals surface area contributed by atoms with Gasteiger partial charge in [0.1, 0.15) is 0 Å². The summed E-state index contributed by atoms with van der Waals surface area (Å²) in [6, 6.07) is 3.81. The first-order valence-corrected chi connectivity index (χ1v) is 5.86. The van der Waals surface area contributed by atoms with E-state index in [1.165, 1.54) is 0 Å². The Kier molecular flexibility index (Phi) is 2.70. The first-order chi connectivity index (χ1) is 7.47. The van der Waals surface area contributed by atoms with Crippen LogP contribution < -0.4 is 0 Å². The molecule has 0 aromatic heterocycles. The van der Waals surface area contributed by atoms with Crippen LogP contribution in [-0.4, -0.2) is 11.1 Å². The molecule has 1 aliphatic carbocycles. The van der Waals surface area contributed by atoms with Crippen LogP contribution in [0.1, 0.15) is 36.0 Å². The van der Waals surface area contributed by atoms with E-state index < -0.39 is 11.4 Å². The topological polar surface area (TPSA) is 37.3 Å². The summed E-state index contributed by atoms with van der Waals surface area (Å²) in [6.07, 6.45) is 2.47. The molecular weight excluding hydrogens is 224 g/mol. The molecule has 1 aromatic carbocycles. The van der Waals surface area contributed by atoms with Gasteiger partial charge in [-0.1, -0.05) is 24.1 Å². The van der Waals surface area contributed by atoms with Gasteiger partial charge in [-0.3, -0.25) is 4.79 Å². The molecule has 0 unspecified atom stereocenters. The summed E-state index contributed by atoms with van der Waals surface area (Å²) in [6.45, 7) is 3.85. The van der Waals surface area contributed by atoms with E-state index in [4.69, 9.17) is 11.6 Å². The number of benzene rings is 1. The predicted molar refractivity (Wildman–Crippen MR) is 64.1 cm³/mol. The standard InChI is InChI=1S/C13H15ClO2/c1-8-7-11(14)9(2)6-10(8)13(12(15)16)4-3-5-13/h6-7H,3-5H2,1-2H3,(H,15,16). The molecule has 0 atom stereocenters. The van der Waals surface area contributed by atoms with Crippen molar-refractivity contribution in [2.45, 2.75) is 38.5 Å². The van der Waals surface area contributed by atoms with Crippen molar-refractivity contribution in [3.63, 3.8) is 0 Å². The van der Waals surface area contributed by atoms with E-state index >= 15 is 0 Å². The fourth-order valence-corrected chi connectivity index (χ4v) is 2.64. The average Bonchev–Trinajstić information content (AvgIpc) is 2.11. The van der Waals surface area contributed by atoms with Gasteiger partial charge in [0.05, 0.1) is 5.41 Å². The molecule has 0 bridgehead atoms. The lowest BCUT2D eigenvalue weighted by atomic mass is 9.63. The zero-order valence-corrected chi connectivity index (χ0v) is 10.3. The third-order valence-corrected chi connectivity index (χ3v) is 4.04. The number of carboxylic acid groups (broad SMARTS) is 1. The average molecular weight is 239 g/mol. The second kappa shape index (κ2) is 3.77. The van der Waals surface area contributed by atoms with Crippen LogP contribution in [0.2, 0.25) is 5.02 Å². The Labute approximate surface area is 100 Å². The van der Waals surface area contributed by atoms with Crippen LogP contribution in [-0.2, 0) is 10.2 Å². The number of rotatable bonds is 2. The second-order valence-corrected chi connectivity index (χ2v) is 5.06. The third kappa shape index (κ3) is 1.52. The minimum absolute atomic E-state index is 0.653. The molecule has 0 saturated heterocycles. The number of aliphatic carboxylic acids is 1. The van der Waals surface area contributed by atoms with Crippen molar-refractivity contribution >= 4 is 17.6 Å². The van der Waals surface area contributed by atoms with Crippen molar-refractivity contribution in [3.8, 4) is 0 Å². The van der Waals surface area contributed by atoms with E-state index in [9.17, 15) is 9.90 Å². The fraction of sp³-hybridized carbons (Fsp3) is 0.462. The predicted octanol–water partition coefficient (Wildman–Crippen LogP) is 3.46. The largest absolute Gasteiger partial charge is 0.481 e. The van der Waals surface area contributed by atoms with E-state index in [1.54, 1.807) is 0 Å². The summed E-state index contributed by atoms with van der Waals surface area (Å²) in [4.78, 5) is 11.4. The van der Waals surface area contributed by atoms with E-state index in [1.807, 2.05) is 26.0 Å². The van der Waals surface area contributed by atoms with E-state index in [0.717, 1.165) is 36.0 Å². The van der Waals surface area contributed by atoms with Crippen LogP contribution in [0.3, 0.4) is 0 Å². The first-order valence-electron chi connectivity index (χ1n) is 5.48. The second-order valence-electron chi connectivity index (χ2n) is 4.66. The number of hydrogen-bond donors (Lipinski definition) is 1. The van der Waals surface area contributed by atoms with Gasteiger partial charge in [-0.25, -0.2) is 0 Å². The molecule has 3 heteroatoms. The Balaban J connectivity index is 2.55. The Hall–Kier alpha value is -1.02. The number of carbonyl (C=O) groups is 1. The Morgan fingerprint density at radius 3 is 2.38 bits per heavy atom. The number of carboxylic acids is 1. The van der Waals surface area contributed by atoms with Crippen molar-refractivity contribution < 1.29 is 9.90 Å². The van der Waals surface area contributed by atoms with Gasteiger partial charge in [0.2, 0.25) is 0 Å². The summed E-state index contributed by atoms with van der Waals surface area (Å²) in [7, 11) is 0. The van der Waals surface area contributed by atoms with Crippen molar-refractivity contribution in [2.75, 3.05) is 0 Å².